The predicted molar refractivity (Wildman–Crippen MR) is 41.1 cm³/mol. The summed E-state index contributed by atoms with van der Waals surface area (Å²) in [5.41, 5.74) is -0.0477. The van der Waals surface area contributed by atoms with Crippen molar-refractivity contribution in [2.45, 2.75) is 26.7 Å². The number of esters is 2. The molecule has 2 fully saturated rings. The molecule has 0 radical (unpaired) electrons. The topological polar surface area (TPSA) is 43.4 Å². The Labute approximate surface area is 71.1 Å². The predicted octanol–water partition coefficient (Wildman–Crippen LogP) is 1.12. The van der Waals surface area contributed by atoms with E-state index in [9.17, 15) is 9.59 Å². The Hall–Kier alpha value is -0.860. The minimum absolute atomic E-state index is 0.0253. The summed E-state index contributed by atoms with van der Waals surface area (Å²) in [6.07, 6.45) is 1.49. The van der Waals surface area contributed by atoms with Gasteiger partial charge in [0, 0.05) is 0 Å². The molecule has 66 valence electrons. The van der Waals surface area contributed by atoms with Crippen molar-refractivity contribution in [3.05, 3.63) is 0 Å². The van der Waals surface area contributed by atoms with Crippen molar-refractivity contribution in [3.8, 4) is 0 Å². The van der Waals surface area contributed by atoms with Gasteiger partial charge in [-0.25, -0.2) is 0 Å². The minimum Gasteiger partial charge on any atom is -0.393 e. The van der Waals surface area contributed by atoms with Crippen molar-refractivity contribution in [2.75, 3.05) is 0 Å². The van der Waals surface area contributed by atoms with Gasteiger partial charge >= 0.3 is 11.9 Å². The summed E-state index contributed by atoms with van der Waals surface area (Å²) in [5, 5.41) is 0. The maximum absolute atomic E-state index is 11.2. The number of rotatable bonds is 0. The summed E-state index contributed by atoms with van der Waals surface area (Å²) < 4.78 is 4.63. The van der Waals surface area contributed by atoms with Crippen LogP contribution >= 0.6 is 0 Å². The number of hydrogen-bond donors (Lipinski definition) is 0. The number of carbonyl (C=O) groups is 2. The minimum atomic E-state index is -0.321. The van der Waals surface area contributed by atoms with Crippen LogP contribution in [0.3, 0.4) is 0 Å². The van der Waals surface area contributed by atoms with Crippen LogP contribution in [0.1, 0.15) is 26.7 Å². The number of carbonyl (C=O) groups excluding carboxylic acids is 2. The van der Waals surface area contributed by atoms with Gasteiger partial charge in [0.1, 0.15) is 0 Å². The lowest BCUT2D eigenvalue weighted by molar-refractivity contribution is -0.169. The van der Waals surface area contributed by atoms with Crippen LogP contribution in [-0.4, -0.2) is 11.9 Å². The Balaban J connectivity index is 2.33. The number of hydrogen-bond acceptors (Lipinski definition) is 3. The Kier molecular flexibility index (Phi) is 1.35. The highest BCUT2D eigenvalue weighted by Gasteiger charge is 2.52. The molecule has 1 heterocycles. The van der Waals surface area contributed by atoms with Gasteiger partial charge in [0.05, 0.1) is 11.8 Å². The van der Waals surface area contributed by atoms with Gasteiger partial charge in [0.2, 0.25) is 0 Å². The van der Waals surface area contributed by atoms with Crippen LogP contribution in [-0.2, 0) is 14.3 Å². The fourth-order valence-corrected chi connectivity index (χ4v) is 2.31. The molecule has 2 bridgehead atoms. The monoisotopic (exact) mass is 168 g/mol. The fourth-order valence-electron chi connectivity index (χ4n) is 2.31. The molecule has 2 rings (SSSR count). The first-order valence-electron chi connectivity index (χ1n) is 4.26. The maximum atomic E-state index is 11.2. The number of cyclic esters (lactones) is 2. The highest BCUT2D eigenvalue weighted by molar-refractivity contribution is 5.92. The Morgan fingerprint density at radius 2 is 2.00 bits per heavy atom. The average Bonchev–Trinajstić information content (AvgIpc) is 2.20. The zero-order valence-electron chi connectivity index (χ0n) is 7.29. The molecule has 1 aliphatic carbocycles. The lowest BCUT2D eigenvalue weighted by atomic mass is 9.82. The molecule has 1 aliphatic heterocycles. The molecule has 0 N–H and O–H groups in total. The van der Waals surface area contributed by atoms with Gasteiger partial charge in [-0.15, -0.1) is 0 Å². The zero-order chi connectivity index (χ0) is 8.93. The van der Waals surface area contributed by atoms with E-state index in [1.165, 1.54) is 0 Å². The van der Waals surface area contributed by atoms with Gasteiger partial charge in [-0.2, -0.15) is 0 Å². The third-order valence-corrected chi connectivity index (χ3v) is 3.06. The smallest absolute Gasteiger partial charge is 0.317 e. The van der Waals surface area contributed by atoms with Crippen LogP contribution in [0.5, 0.6) is 0 Å². The summed E-state index contributed by atoms with van der Waals surface area (Å²) in [5.74, 6) is -0.719. The van der Waals surface area contributed by atoms with E-state index in [1.807, 2.05) is 13.8 Å². The summed E-state index contributed by atoms with van der Waals surface area (Å²) in [7, 11) is 0. The summed E-state index contributed by atoms with van der Waals surface area (Å²) in [6, 6.07) is 0. The zero-order valence-corrected chi connectivity index (χ0v) is 7.29. The molecule has 0 spiro atoms. The first kappa shape index (κ1) is 7.77. The largest absolute Gasteiger partial charge is 0.393 e. The normalized spacial score (nSPS) is 38.2. The molecular weight excluding hydrogens is 156 g/mol. The molecule has 3 heteroatoms. The molecule has 0 aromatic rings. The van der Waals surface area contributed by atoms with E-state index >= 15 is 0 Å². The molecule has 0 aromatic carbocycles. The quantitative estimate of drug-likeness (QED) is 0.402. The summed E-state index contributed by atoms with van der Waals surface area (Å²) in [4.78, 5) is 22.3. The number of fused-ring (bicyclic) bond motifs is 2. The SMILES string of the molecule is CC1(C)CC2CC1C(=O)OC2=O. The molecule has 3 nitrogen and oxygen atoms in total. The van der Waals surface area contributed by atoms with E-state index in [-0.39, 0.29) is 29.2 Å². The van der Waals surface area contributed by atoms with E-state index in [0.29, 0.717) is 6.42 Å². The van der Waals surface area contributed by atoms with Crippen molar-refractivity contribution in [1.29, 1.82) is 0 Å². The molecule has 0 aromatic heterocycles. The Morgan fingerprint density at radius 3 is 2.67 bits per heavy atom. The van der Waals surface area contributed by atoms with Crippen LogP contribution in [0, 0.1) is 17.3 Å². The average molecular weight is 168 g/mol. The second-order valence-electron chi connectivity index (χ2n) is 4.42. The van der Waals surface area contributed by atoms with Crippen molar-refractivity contribution in [3.63, 3.8) is 0 Å². The van der Waals surface area contributed by atoms with Gasteiger partial charge in [-0.1, -0.05) is 13.8 Å². The van der Waals surface area contributed by atoms with Gasteiger partial charge in [0.15, 0.2) is 0 Å². The van der Waals surface area contributed by atoms with Crippen LogP contribution in [0.4, 0.5) is 0 Å². The van der Waals surface area contributed by atoms with E-state index < -0.39 is 0 Å². The molecular formula is C9H12O3. The van der Waals surface area contributed by atoms with Crippen molar-refractivity contribution in [1.82, 2.24) is 0 Å². The first-order chi connectivity index (χ1) is 5.50. The van der Waals surface area contributed by atoms with E-state index in [2.05, 4.69) is 4.74 Å². The summed E-state index contributed by atoms with van der Waals surface area (Å²) in [6.45, 7) is 4.05. The highest BCUT2D eigenvalue weighted by Crippen LogP contribution is 2.49. The second kappa shape index (κ2) is 2.09. The van der Waals surface area contributed by atoms with Crippen molar-refractivity contribution >= 4 is 11.9 Å². The third-order valence-electron chi connectivity index (χ3n) is 3.06. The molecule has 0 amide bonds. The van der Waals surface area contributed by atoms with E-state index in [0.717, 1.165) is 6.42 Å². The van der Waals surface area contributed by atoms with Gasteiger partial charge in [0.25, 0.3) is 0 Å². The van der Waals surface area contributed by atoms with Crippen molar-refractivity contribution in [2.24, 2.45) is 17.3 Å². The molecule has 2 atom stereocenters. The van der Waals surface area contributed by atoms with Gasteiger partial charge in [-0.05, 0) is 18.3 Å². The van der Waals surface area contributed by atoms with Crippen molar-refractivity contribution < 1.29 is 14.3 Å². The molecule has 2 aliphatic rings. The standard InChI is InChI=1S/C9H12O3/c1-9(2)4-5-3-6(9)8(11)12-7(5)10/h5-6H,3-4H2,1-2H3. The summed E-state index contributed by atoms with van der Waals surface area (Å²) >= 11 is 0. The van der Waals surface area contributed by atoms with Crippen LogP contribution < -0.4 is 0 Å². The molecule has 12 heavy (non-hydrogen) atoms. The Morgan fingerprint density at radius 1 is 1.33 bits per heavy atom. The van der Waals surface area contributed by atoms with Crippen LogP contribution in [0.2, 0.25) is 0 Å². The lowest BCUT2D eigenvalue weighted by Crippen LogP contribution is -2.31. The fraction of sp³-hybridized carbons (Fsp3) is 0.778. The maximum Gasteiger partial charge on any atom is 0.317 e. The first-order valence-corrected chi connectivity index (χ1v) is 4.26. The van der Waals surface area contributed by atoms with E-state index in [4.69, 9.17) is 0 Å². The Bertz CT molecular complexity index is 254. The van der Waals surface area contributed by atoms with Crippen LogP contribution in [0.25, 0.3) is 0 Å². The molecule has 1 saturated carbocycles. The number of ether oxygens (including phenoxy) is 1. The third kappa shape index (κ3) is 0.886. The molecule has 2 unspecified atom stereocenters. The molecule has 1 saturated heterocycles. The van der Waals surface area contributed by atoms with Gasteiger partial charge in [-0.3, -0.25) is 9.59 Å². The highest BCUT2D eigenvalue weighted by atomic mass is 16.6. The van der Waals surface area contributed by atoms with Gasteiger partial charge < -0.3 is 4.74 Å². The van der Waals surface area contributed by atoms with Crippen LogP contribution in [0.15, 0.2) is 0 Å². The second-order valence-corrected chi connectivity index (χ2v) is 4.42. The lowest BCUT2D eigenvalue weighted by Gasteiger charge is -2.23. The van der Waals surface area contributed by atoms with E-state index in [1.54, 1.807) is 0 Å².